The number of nitrogens with one attached hydrogen (secondary N) is 1. The number of ether oxygens (including phenoxy) is 1. The molecule has 1 heterocycles. The van der Waals surface area contributed by atoms with Gasteiger partial charge in [-0.3, -0.25) is 4.79 Å². The summed E-state index contributed by atoms with van der Waals surface area (Å²) in [4.78, 5) is 16.3. The maximum Gasteiger partial charge on any atom is 0.230 e. The lowest BCUT2D eigenvalue weighted by molar-refractivity contribution is -0.118. The predicted octanol–water partition coefficient (Wildman–Crippen LogP) is 2.01. The molecule has 1 aromatic heterocycles. The summed E-state index contributed by atoms with van der Waals surface area (Å²) in [7, 11) is 1.69. The summed E-state index contributed by atoms with van der Waals surface area (Å²) in [5, 5.41) is 3.80. The van der Waals surface area contributed by atoms with Gasteiger partial charge in [-0.1, -0.05) is 25.6 Å². The second kappa shape index (κ2) is 8.32. The molecule has 0 unspecified atom stereocenters. The number of aromatic nitrogens is 2. The Labute approximate surface area is 125 Å². The van der Waals surface area contributed by atoms with Crippen LogP contribution in [0.1, 0.15) is 25.2 Å². The van der Waals surface area contributed by atoms with Crippen LogP contribution in [0.5, 0.6) is 0 Å². The number of hydrogen-bond donors (Lipinski definition) is 1. The van der Waals surface area contributed by atoms with E-state index < -0.39 is 0 Å². The molecule has 0 aromatic carbocycles. The fourth-order valence-electron chi connectivity index (χ4n) is 1.68. The Bertz CT molecular complexity index is 444. The molecule has 1 amide bonds. The van der Waals surface area contributed by atoms with Gasteiger partial charge in [0, 0.05) is 25.9 Å². The molecule has 1 aromatic rings. The summed E-state index contributed by atoms with van der Waals surface area (Å²) in [5.41, 5.74) is 2.14. The molecule has 0 saturated heterocycles. The van der Waals surface area contributed by atoms with Gasteiger partial charge in [0.15, 0.2) is 5.16 Å². The number of thioether (sulfide) groups is 1. The van der Waals surface area contributed by atoms with Gasteiger partial charge in [0.25, 0.3) is 0 Å². The number of hydrogen-bond acceptors (Lipinski definition) is 4. The molecule has 0 aliphatic heterocycles. The zero-order valence-electron chi connectivity index (χ0n) is 13.0. The third kappa shape index (κ3) is 5.17. The van der Waals surface area contributed by atoms with Gasteiger partial charge >= 0.3 is 0 Å². The number of imidazole rings is 1. The van der Waals surface area contributed by atoms with Gasteiger partial charge in [0.2, 0.25) is 5.91 Å². The number of carbonyl (C=O) groups excluding carboxylic acids is 1. The molecule has 1 rings (SSSR count). The van der Waals surface area contributed by atoms with E-state index in [1.54, 1.807) is 7.11 Å². The van der Waals surface area contributed by atoms with Crippen LogP contribution in [-0.2, 0) is 16.1 Å². The smallest absolute Gasteiger partial charge is 0.230 e. The van der Waals surface area contributed by atoms with Crippen LogP contribution in [0.15, 0.2) is 5.16 Å². The van der Waals surface area contributed by atoms with Crippen LogP contribution in [-0.4, -0.2) is 41.5 Å². The molecular weight excluding hydrogens is 274 g/mol. The van der Waals surface area contributed by atoms with Gasteiger partial charge in [0.1, 0.15) is 0 Å². The first kappa shape index (κ1) is 17.0. The Balaban J connectivity index is 2.58. The average Bonchev–Trinajstić information content (AvgIpc) is 2.67. The SMILES string of the molecule is COCCn1c(SCC(=O)NCC(C)C)nc(C)c1C. The van der Waals surface area contributed by atoms with Crippen LogP contribution >= 0.6 is 11.8 Å². The van der Waals surface area contributed by atoms with E-state index in [4.69, 9.17) is 4.74 Å². The van der Waals surface area contributed by atoms with Crippen molar-refractivity contribution in [2.24, 2.45) is 5.92 Å². The van der Waals surface area contributed by atoms with Crippen molar-refractivity contribution in [2.45, 2.75) is 39.4 Å². The number of rotatable bonds is 8. The Morgan fingerprint density at radius 3 is 2.75 bits per heavy atom. The topological polar surface area (TPSA) is 56.1 Å². The summed E-state index contributed by atoms with van der Waals surface area (Å²) in [6.45, 7) is 10.3. The zero-order valence-corrected chi connectivity index (χ0v) is 13.8. The Hall–Kier alpha value is -1.01. The standard InChI is InChI=1S/C14H25N3O2S/c1-10(2)8-15-13(18)9-20-14-16-11(3)12(4)17(14)6-7-19-5/h10H,6-9H2,1-5H3,(H,15,18). The van der Waals surface area contributed by atoms with E-state index in [9.17, 15) is 4.79 Å². The Kier molecular flexibility index (Phi) is 7.09. The summed E-state index contributed by atoms with van der Waals surface area (Å²) < 4.78 is 7.23. The first-order valence-corrected chi connectivity index (χ1v) is 7.86. The number of amides is 1. The quantitative estimate of drug-likeness (QED) is 0.746. The molecule has 20 heavy (non-hydrogen) atoms. The van der Waals surface area contributed by atoms with Gasteiger partial charge in [-0.2, -0.15) is 0 Å². The number of methoxy groups -OCH3 is 1. The molecule has 0 atom stereocenters. The van der Waals surface area contributed by atoms with Crippen LogP contribution in [0, 0.1) is 19.8 Å². The van der Waals surface area contributed by atoms with Crippen molar-refractivity contribution in [1.82, 2.24) is 14.9 Å². The van der Waals surface area contributed by atoms with Gasteiger partial charge in [-0.25, -0.2) is 4.98 Å². The van der Waals surface area contributed by atoms with Crippen LogP contribution < -0.4 is 5.32 Å². The van der Waals surface area contributed by atoms with Crippen molar-refractivity contribution < 1.29 is 9.53 Å². The van der Waals surface area contributed by atoms with Crippen LogP contribution in [0.25, 0.3) is 0 Å². The highest BCUT2D eigenvalue weighted by molar-refractivity contribution is 7.99. The van der Waals surface area contributed by atoms with E-state index in [0.29, 0.717) is 18.3 Å². The maximum atomic E-state index is 11.7. The maximum absolute atomic E-state index is 11.7. The van der Waals surface area contributed by atoms with Gasteiger partial charge in [-0.05, 0) is 19.8 Å². The lowest BCUT2D eigenvalue weighted by atomic mass is 10.2. The lowest BCUT2D eigenvalue weighted by Crippen LogP contribution is -2.28. The number of aryl methyl sites for hydroxylation is 1. The first-order valence-electron chi connectivity index (χ1n) is 6.87. The molecule has 0 radical (unpaired) electrons. The van der Waals surface area contributed by atoms with Crippen molar-refractivity contribution in [2.75, 3.05) is 26.0 Å². The molecule has 1 N–H and O–H groups in total. The minimum Gasteiger partial charge on any atom is -0.383 e. The van der Waals surface area contributed by atoms with Gasteiger partial charge in [-0.15, -0.1) is 0 Å². The summed E-state index contributed by atoms with van der Waals surface area (Å²) in [5.74, 6) is 0.924. The third-order valence-electron chi connectivity index (χ3n) is 2.98. The van der Waals surface area contributed by atoms with Crippen molar-refractivity contribution >= 4 is 17.7 Å². The normalized spacial score (nSPS) is 11.1. The van der Waals surface area contributed by atoms with Crippen molar-refractivity contribution in [1.29, 1.82) is 0 Å². The van der Waals surface area contributed by atoms with Crippen LogP contribution in [0.4, 0.5) is 0 Å². The lowest BCUT2D eigenvalue weighted by Gasteiger charge is -2.10. The monoisotopic (exact) mass is 299 g/mol. The average molecular weight is 299 g/mol. The molecular formula is C14H25N3O2S. The highest BCUT2D eigenvalue weighted by atomic mass is 32.2. The summed E-state index contributed by atoms with van der Waals surface area (Å²) >= 11 is 1.48. The van der Waals surface area contributed by atoms with E-state index in [-0.39, 0.29) is 5.91 Å². The van der Waals surface area contributed by atoms with Gasteiger partial charge in [0.05, 0.1) is 18.1 Å². The highest BCUT2D eigenvalue weighted by Crippen LogP contribution is 2.20. The van der Waals surface area contributed by atoms with Crippen molar-refractivity contribution in [3.05, 3.63) is 11.4 Å². The van der Waals surface area contributed by atoms with E-state index >= 15 is 0 Å². The number of nitrogens with zero attached hydrogens (tertiary/aromatic N) is 2. The van der Waals surface area contributed by atoms with Crippen molar-refractivity contribution in [3.8, 4) is 0 Å². The fourth-order valence-corrected chi connectivity index (χ4v) is 2.63. The molecule has 6 heteroatoms. The molecule has 0 fully saturated rings. The fraction of sp³-hybridized carbons (Fsp3) is 0.714. The van der Waals surface area contributed by atoms with E-state index in [2.05, 4.69) is 28.7 Å². The second-order valence-corrected chi connectivity index (χ2v) is 6.14. The Morgan fingerprint density at radius 2 is 2.15 bits per heavy atom. The second-order valence-electron chi connectivity index (χ2n) is 5.20. The van der Waals surface area contributed by atoms with E-state index in [1.807, 2.05) is 13.8 Å². The largest absolute Gasteiger partial charge is 0.383 e. The molecule has 0 spiro atoms. The van der Waals surface area contributed by atoms with Crippen molar-refractivity contribution in [3.63, 3.8) is 0 Å². The molecule has 0 aliphatic rings. The predicted molar refractivity (Wildman–Crippen MR) is 82.1 cm³/mol. The molecule has 0 saturated carbocycles. The zero-order chi connectivity index (χ0) is 15.1. The number of carbonyl (C=O) groups is 1. The summed E-state index contributed by atoms with van der Waals surface area (Å²) in [6, 6.07) is 0. The molecule has 5 nitrogen and oxygen atoms in total. The van der Waals surface area contributed by atoms with E-state index in [1.165, 1.54) is 11.8 Å². The third-order valence-corrected chi connectivity index (χ3v) is 3.96. The first-order chi connectivity index (χ1) is 9.45. The van der Waals surface area contributed by atoms with E-state index in [0.717, 1.165) is 29.6 Å². The minimum atomic E-state index is 0.0558. The highest BCUT2D eigenvalue weighted by Gasteiger charge is 2.13. The molecule has 0 bridgehead atoms. The minimum absolute atomic E-state index is 0.0558. The van der Waals surface area contributed by atoms with Gasteiger partial charge < -0.3 is 14.6 Å². The molecule has 0 aliphatic carbocycles. The summed E-state index contributed by atoms with van der Waals surface area (Å²) in [6.07, 6.45) is 0. The molecule has 114 valence electrons. The Morgan fingerprint density at radius 1 is 1.45 bits per heavy atom. The van der Waals surface area contributed by atoms with Crippen LogP contribution in [0.2, 0.25) is 0 Å². The van der Waals surface area contributed by atoms with Crippen LogP contribution in [0.3, 0.4) is 0 Å².